The zero-order valence-corrected chi connectivity index (χ0v) is 23.4. The third-order valence-electron chi connectivity index (χ3n) is 6.52. The highest BCUT2D eigenvalue weighted by atomic mass is 32.2. The lowest BCUT2D eigenvalue weighted by molar-refractivity contribution is 0.000145. The molecule has 7 nitrogen and oxygen atoms in total. The van der Waals surface area contributed by atoms with Gasteiger partial charge >= 0.3 is 4.87 Å². The van der Waals surface area contributed by atoms with Crippen molar-refractivity contribution in [3.05, 3.63) is 76.0 Å². The summed E-state index contributed by atoms with van der Waals surface area (Å²) < 4.78 is 15.8. The average molecular weight is 539 g/mol. The first-order chi connectivity index (χ1) is 17.2. The number of rotatable bonds is 6. The zero-order valence-electron chi connectivity index (χ0n) is 20.8. The van der Waals surface area contributed by atoms with E-state index >= 15 is 0 Å². The van der Waals surface area contributed by atoms with Gasteiger partial charge in [-0.2, -0.15) is 4.98 Å². The van der Waals surface area contributed by atoms with Crippen molar-refractivity contribution in [3.8, 4) is 0 Å². The van der Waals surface area contributed by atoms with Crippen LogP contribution in [0.15, 0.2) is 65.5 Å². The predicted molar refractivity (Wildman–Crippen MR) is 151 cm³/mol. The highest BCUT2D eigenvalue weighted by Crippen LogP contribution is 2.39. The van der Waals surface area contributed by atoms with Crippen molar-refractivity contribution in [2.75, 3.05) is 18.1 Å². The van der Waals surface area contributed by atoms with Gasteiger partial charge in [0.2, 0.25) is 5.95 Å². The minimum atomic E-state index is -2.67. The van der Waals surface area contributed by atoms with Crippen LogP contribution in [0, 0.1) is 6.92 Å². The molecule has 2 atom stereocenters. The van der Waals surface area contributed by atoms with Crippen LogP contribution >= 0.6 is 23.1 Å². The van der Waals surface area contributed by atoms with E-state index in [1.807, 2.05) is 19.1 Å². The van der Waals surface area contributed by atoms with Gasteiger partial charge in [-0.15, -0.1) is 11.8 Å². The first-order valence-corrected chi connectivity index (χ1v) is 15.7. The molecule has 1 saturated heterocycles. The summed E-state index contributed by atoms with van der Waals surface area (Å²) in [6, 6.07) is 21.1. The summed E-state index contributed by atoms with van der Waals surface area (Å²) in [5.74, 6) is 0.785. The fourth-order valence-corrected chi connectivity index (χ4v) is 11.5. The topological polar surface area (TPSA) is 92.3 Å². The Balaban J connectivity index is 1.44. The van der Waals surface area contributed by atoms with Gasteiger partial charge in [0.1, 0.15) is 11.7 Å². The van der Waals surface area contributed by atoms with E-state index in [9.17, 15) is 4.79 Å². The number of hydrogen-bond acceptors (Lipinski definition) is 8. The number of aryl methyl sites for hydroxylation is 1. The van der Waals surface area contributed by atoms with Crippen molar-refractivity contribution in [3.63, 3.8) is 0 Å². The maximum Gasteiger partial charge on any atom is 0.311 e. The monoisotopic (exact) mass is 538 g/mol. The number of benzene rings is 2. The van der Waals surface area contributed by atoms with Gasteiger partial charge in [0.05, 0.1) is 17.0 Å². The van der Waals surface area contributed by atoms with Gasteiger partial charge < -0.3 is 14.9 Å². The number of anilines is 1. The van der Waals surface area contributed by atoms with Crippen LogP contribution in [0.2, 0.25) is 5.04 Å². The van der Waals surface area contributed by atoms with Gasteiger partial charge in [-0.3, -0.25) is 9.36 Å². The number of hydrogen-bond donors (Lipinski definition) is 1. The second-order valence-corrected chi connectivity index (χ2v) is 16.3. The second kappa shape index (κ2) is 9.75. The number of nitrogens with zero attached hydrogens (tertiary/aromatic N) is 3. The summed E-state index contributed by atoms with van der Waals surface area (Å²) >= 11 is 2.79. The first kappa shape index (κ1) is 25.2. The van der Waals surface area contributed by atoms with Gasteiger partial charge in [-0.1, -0.05) is 92.8 Å². The molecule has 0 radical (unpaired) electrons. The number of thiazole rings is 1. The molecule has 2 aromatic heterocycles. The second-order valence-electron chi connectivity index (χ2n) is 9.89. The molecule has 5 rings (SSSR count). The van der Waals surface area contributed by atoms with Gasteiger partial charge in [0.25, 0.3) is 8.32 Å². The van der Waals surface area contributed by atoms with E-state index in [1.54, 1.807) is 16.3 Å². The lowest BCUT2D eigenvalue weighted by atomic mass is 10.2. The Morgan fingerprint density at radius 3 is 2.28 bits per heavy atom. The molecule has 2 unspecified atom stereocenters. The Kier molecular flexibility index (Phi) is 6.82. The van der Waals surface area contributed by atoms with Crippen LogP contribution < -0.4 is 21.0 Å². The predicted octanol–water partition coefficient (Wildman–Crippen LogP) is 3.91. The Hall–Kier alpha value is -2.50. The minimum Gasteiger partial charge on any atom is -0.404 e. The molecular weight excluding hydrogens is 509 g/mol. The quantitative estimate of drug-likeness (QED) is 0.372. The molecule has 0 spiro atoms. The number of thioether (sulfide) groups is 1. The van der Waals surface area contributed by atoms with E-state index in [-0.39, 0.29) is 21.3 Å². The van der Waals surface area contributed by atoms with Crippen LogP contribution in [0.3, 0.4) is 0 Å². The standard InChI is InChI=1S/C26H30N4O3S2Si/c1-17-22-23(29-24(27)28-17)30(25(31)35-22)20-16-34-21(33-20)15-32-36(26(2,3)4,18-11-7-5-8-12-18)19-13-9-6-10-14-19/h5-14,20-21H,15-16H2,1-4H3,(H2,27,28,29). The van der Waals surface area contributed by atoms with E-state index < -0.39 is 14.5 Å². The van der Waals surface area contributed by atoms with E-state index in [0.29, 0.717) is 23.7 Å². The van der Waals surface area contributed by atoms with Crippen molar-refractivity contribution >= 4 is 58.1 Å². The fraction of sp³-hybridized carbons (Fsp3) is 0.346. The van der Waals surface area contributed by atoms with Crippen LogP contribution in [0.5, 0.6) is 0 Å². The molecule has 4 aromatic rings. The van der Waals surface area contributed by atoms with Crippen molar-refractivity contribution in [2.24, 2.45) is 0 Å². The molecule has 0 bridgehead atoms. The first-order valence-electron chi connectivity index (χ1n) is 11.9. The lowest BCUT2D eigenvalue weighted by Gasteiger charge is -2.43. The molecule has 10 heteroatoms. The Labute approximate surface area is 219 Å². The van der Waals surface area contributed by atoms with Crippen LogP contribution in [-0.4, -0.2) is 40.6 Å². The lowest BCUT2D eigenvalue weighted by Crippen LogP contribution is -2.67. The highest BCUT2D eigenvalue weighted by molar-refractivity contribution is 8.00. The van der Waals surface area contributed by atoms with Crippen molar-refractivity contribution in [2.45, 2.75) is 44.4 Å². The summed E-state index contributed by atoms with van der Waals surface area (Å²) in [6.45, 7) is 9.03. The Bertz CT molecular complexity index is 1380. The van der Waals surface area contributed by atoms with E-state index in [2.05, 4.69) is 79.3 Å². The van der Waals surface area contributed by atoms with E-state index in [4.69, 9.17) is 14.9 Å². The van der Waals surface area contributed by atoms with Gasteiger partial charge in [-0.25, -0.2) is 4.98 Å². The molecule has 0 amide bonds. The van der Waals surface area contributed by atoms with Crippen molar-refractivity contribution in [1.82, 2.24) is 14.5 Å². The van der Waals surface area contributed by atoms with Crippen LogP contribution in [0.4, 0.5) is 5.95 Å². The number of fused-ring (bicyclic) bond motifs is 1. The Morgan fingerprint density at radius 1 is 1.08 bits per heavy atom. The van der Waals surface area contributed by atoms with E-state index in [1.165, 1.54) is 10.4 Å². The number of aromatic nitrogens is 3. The smallest absolute Gasteiger partial charge is 0.311 e. The third-order valence-corrected chi connectivity index (χ3v) is 13.7. The summed E-state index contributed by atoms with van der Waals surface area (Å²) in [5, 5.41) is 2.34. The molecule has 2 N–H and O–H groups in total. The summed E-state index contributed by atoms with van der Waals surface area (Å²) in [6.07, 6.45) is -0.433. The van der Waals surface area contributed by atoms with E-state index in [0.717, 1.165) is 16.0 Å². The van der Waals surface area contributed by atoms with Gasteiger partial charge in [0.15, 0.2) is 5.65 Å². The Morgan fingerprint density at radius 2 is 1.69 bits per heavy atom. The SMILES string of the molecule is Cc1nc(N)nc2c1sc(=O)n2C1CSC(CO[Si](c2ccccc2)(c2ccccc2)C(C)(C)C)O1. The molecule has 188 valence electrons. The van der Waals surface area contributed by atoms with Crippen LogP contribution in [-0.2, 0) is 9.16 Å². The molecule has 1 aliphatic rings. The normalized spacial score (nSPS) is 18.7. The third kappa shape index (κ3) is 4.41. The highest BCUT2D eigenvalue weighted by Gasteiger charge is 2.50. The maximum absolute atomic E-state index is 12.9. The van der Waals surface area contributed by atoms with Crippen LogP contribution in [0.1, 0.15) is 32.7 Å². The summed E-state index contributed by atoms with van der Waals surface area (Å²) in [7, 11) is -2.67. The molecule has 1 aliphatic heterocycles. The number of nitrogens with two attached hydrogens (primary N) is 1. The van der Waals surface area contributed by atoms with Gasteiger partial charge in [0, 0.05) is 5.75 Å². The summed E-state index contributed by atoms with van der Waals surface area (Å²) in [4.78, 5) is 21.3. The molecule has 1 fully saturated rings. The van der Waals surface area contributed by atoms with Crippen molar-refractivity contribution in [1.29, 1.82) is 0 Å². The average Bonchev–Trinajstić information content (AvgIpc) is 3.43. The van der Waals surface area contributed by atoms with Crippen LogP contribution in [0.25, 0.3) is 10.3 Å². The zero-order chi connectivity index (χ0) is 25.5. The molecular formula is C26H30N4O3S2Si. The number of ether oxygens (including phenoxy) is 1. The minimum absolute atomic E-state index is 0.118. The van der Waals surface area contributed by atoms with Gasteiger partial charge in [-0.05, 0) is 22.3 Å². The number of nitrogen functional groups attached to an aromatic ring is 1. The molecule has 0 aliphatic carbocycles. The fourth-order valence-electron chi connectivity index (χ4n) is 4.95. The largest absolute Gasteiger partial charge is 0.404 e. The molecule has 2 aromatic carbocycles. The maximum atomic E-state index is 12.9. The van der Waals surface area contributed by atoms with Crippen molar-refractivity contribution < 1.29 is 9.16 Å². The molecule has 36 heavy (non-hydrogen) atoms. The molecule has 0 saturated carbocycles. The summed E-state index contributed by atoms with van der Waals surface area (Å²) in [5.41, 5.74) is 6.91. The molecule has 3 heterocycles.